The maximum Gasteiger partial charge on any atom is 0.303 e. The van der Waals surface area contributed by atoms with E-state index < -0.39 is 76.0 Å². The van der Waals surface area contributed by atoms with E-state index in [9.17, 15) is 29.7 Å². The Bertz CT molecular complexity index is 969. The van der Waals surface area contributed by atoms with Gasteiger partial charge in [0, 0.05) is 38.0 Å². The van der Waals surface area contributed by atoms with Crippen LogP contribution >= 0.6 is 0 Å². The van der Waals surface area contributed by atoms with Gasteiger partial charge in [0.05, 0.1) is 29.8 Å². The number of hydrogen-bond acceptors (Lipinski definition) is 9. The Labute approximate surface area is 199 Å². The maximum atomic E-state index is 14.4. The number of ketones is 1. The Morgan fingerprint density at radius 3 is 2.24 bits per heavy atom. The molecule has 1 heterocycles. The lowest BCUT2D eigenvalue weighted by molar-refractivity contribution is -0.338. The molecule has 3 N–H and O–H groups in total. The molecule has 3 fully saturated rings. The summed E-state index contributed by atoms with van der Waals surface area (Å²) in [4.78, 5) is 38.8. The lowest BCUT2D eigenvalue weighted by Crippen LogP contribution is -2.79. The van der Waals surface area contributed by atoms with Gasteiger partial charge in [-0.1, -0.05) is 20.8 Å². The molecule has 9 heteroatoms. The van der Waals surface area contributed by atoms with Crippen LogP contribution in [0.5, 0.6) is 0 Å². The highest BCUT2D eigenvalue weighted by Gasteiger charge is 2.76. The molecule has 4 rings (SSSR count). The van der Waals surface area contributed by atoms with Crippen molar-refractivity contribution in [1.29, 1.82) is 0 Å². The quantitative estimate of drug-likeness (QED) is 0.391. The predicted molar refractivity (Wildman–Crippen MR) is 118 cm³/mol. The van der Waals surface area contributed by atoms with Crippen molar-refractivity contribution < 1.29 is 43.9 Å². The number of carbonyl (C=O) groups excluding carboxylic acids is 3. The van der Waals surface area contributed by atoms with Crippen molar-refractivity contribution in [2.24, 2.45) is 22.7 Å². The second-order valence-corrected chi connectivity index (χ2v) is 11.4. The predicted octanol–water partition coefficient (Wildman–Crippen LogP) is 1.06. The summed E-state index contributed by atoms with van der Waals surface area (Å²) < 4.78 is 17.2. The summed E-state index contributed by atoms with van der Waals surface area (Å²) in [6, 6.07) is 0. The zero-order chi connectivity index (χ0) is 25.6. The minimum absolute atomic E-state index is 0.0147. The lowest BCUT2D eigenvalue weighted by atomic mass is 9.42. The van der Waals surface area contributed by atoms with Crippen LogP contribution in [0.3, 0.4) is 0 Å². The first-order valence-corrected chi connectivity index (χ1v) is 11.9. The van der Waals surface area contributed by atoms with Crippen molar-refractivity contribution in [1.82, 2.24) is 0 Å². The van der Waals surface area contributed by atoms with E-state index in [0.29, 0.717) is 11.1 Å². The largest absolute Gasteiger partial charge is 0.454 e. The monoisotopic (exact) mass is 480 g/mol. The summed E-state index contributed by atoms with van der Waals surface area (Å²) in [5.41, 5.74) is -4.65. The molecular formula is C25H36O9. The molecule has 0 aromatic carbocycles. The summed E-state index contributed by atoms with van der Waals surface area (Å²) in [7, 11) is 0. The fourth-order valence-electron chi connectivity index (χ4n) is 7.64. The lowest BCUT2D eigenvalue weighted by Gasteiger charge is -2.68. The average molecular weight is 481 g/mol. The minimum Gasteiger partial charge on any atom is -0.454 e. The van der Waals surface area contributed by atoms with Crippen molar-refractivity contribution in [2.75, 3.05) is 6.61 Å². The molecule has 3 aliphatic carbocycles. The average Bonchev–Trinajstić information content (AvgIpc) is 2.71. The van der Waals surface area contributed by atoms with Crippen LogP contribution in [0.25, 0.3) is 0 Å². The van der Waals surface area contributed by atoms with E-state index >= 15 is 0 Å². The van der Waals surface area contributed by atoms with E-state index in [-0.39, 0.29) is 19.4 Å². The SMILES string of the molecule is CC(=O)OC1C(=O)[C@]2(C)C(O)CC3OCC3(OC(C)=O)C2[C@H](C)C2(O)CC(O)C(C)=C1C2(C)C. The molecule has 0 radical (unpaired) electrons. The van der Waals surface area contributed by atoms with Gasteiger partial charge in [0.25, 0.3) is 0 Å². The highest BCUT2D eigenvalue weighted by atomic mass is 16.6. The number of esters is 2. The Hall–Kier alpha value is -1.81. The smallest absolute Gasteiger partial charge is 0.303 e. The van der Waals surface area contributed by atoms with Crippen LogP contribution < -0.4 is 0 Å². The fraction of sp³-hybridized carbons (Fsp3) is 0.800. The highest BCUT2D eigenvalue weighted by molar-refractivity contribution is 5.95. The first-order valence-electron chi connectivity index (χ1n) is 11.9. The van der Waals surface area contributed by atoms with Gasteiger partial charge in [-0.25, -0.2) is 0 Å². The van der Waals surface area contributed by atoms with Crippen LogP contribution in [0, 0.1) is 22.7 Å². The summed E-state index contributed by atoms with van der Waals surface area (Å²) in [5.74, 6) is -3.38. The Morgan fingerprint density at radius 1 is 1.12 bits per heavy atom. The van der Waals surface area contributed by atoms with Crippen LogP contribution in [-0.2, 0) is 28.6 Å². The normalized spacial score (nSPS) is 47.4. The van der Waals surface area contributed by atoms with Crippen molar-refractivity contribution >= 4 is 17.7 Å². The van der Waals surface area contributed by atoms with Gasteiger partial charge >= 0.3 is 11.9 Å². The van der Waals surface area contributed by atoms with Crippen LogP contribution in [0.15, 0.2) is 11.1 Å². The molecule has 1 aliphatic heterocycles. The minimum atomic E-state index is -1.59. The third kappa shape index (κ3) is 2.96. The van der Waals surface area contributed by atoms with Crippen LogP contribution in [-0.4, -0.2) is 75.3 Å². The van der Waals surface area contributed by atoms with Crippen LogP contribution in [0.2, 0.25) is 0 Å². The van der Waals surface area contributed by atoms with Gasteiger partial charge in [-0.05, 0) is 30.9 Å². The highest BCUT2D eigenvalue weighted by Crippen LogP contribution is 2.65. The molecule has 9 atom stereocenters. The number of rotatable bonds is 2. The van der Waals surface area contributed by atoms with E-state index in [1.807, 2.05) is 0 Å². The van der Waals surface area contributed by atoms with Gasteiger partial charge in [-0.2, -0.15) is 0 Å². The van der Waals surface area contributed by atoms with Crippen molar-refractivity contribution in [3.05, 3.63) is 11.1 Å². The van der Waals surface area contributed by atoms with Gasteiger partial charge in [0.1, 0.15) is 6.10 Å². The van der Waals surface area contributed by atoms with Crippen LogP contribution in [0.1, 0.15) is 61.3 Å². The number of fused-ring (bicyclic) bond motifs is 5. The second-order valence-electron chi connectivity index (χ2n) is 11.4. The molecule has 2 saturated carbocycles. The van der Waals surface area contributed by atoms with E-state index in [1.54, 1.807) is 34.6 Å². The number of hydrogen-bond donors (Lipinski definition) is 3. The molecule has 0 amide bonds. The number of ether oxygens (including phenoxy) is 3. The maximum absolute atomic E-state index is 14.4. The number of aliphatic hydroxyl groups excluding tert-OH is 2. The summed E-state index contributed by atoms with van der Waals surface area (Å²) >= 11 is 0. The van der Waals surface area contributed by atoms with Gasteiger partial charge in [0.15, 0.2) is 17.5 Å². The summed E-state index contributed by atoms with van der Waals surface area (Å²) in [6.45, 7) is 11.1. The molecule has 7 unspecified atom stereocenters. The third-order valence-corrected chi connectivity index (χ3v) is 9.44. The van der Waals surface area contributed by atoms with Gasteiger partial charge in [-0.15, -0.1) is 0 Å². The molecule has 1 saturated heterocycles. The standard InChI is InChI=1S/C25H36O9/c1-11-15(28)9-25(31)12(2)20-23(7,16(29)8-17-24(20,10-32-17)34-14(4)27)21(30)19(33-13(3)26)18(11)22(25,5)6/h12,15-17,19-20,28-29,31H,8-10H2,1-7H3/t12-,15?,16?,17?,19?,20?,23+,24?,25?/m0/s1. The molecular weight excluding hydrogens is 444 g/mol. The van der Waals surface area contributed by atoms with Crippen molar-refractivity contribution in [3.63, 3.8) is 0 Å². The van der Waals surface area contributed by atoms with Crippen molar-refractivity contribution in [2.45, 2.75) is 96.9 Å². The zero-order valence-corrected chi connectivity index (χ0v) is 20.9. The Kier molecular flexibility index (Phi) is 5.65. The summed E-state index contributed by atoms with van der Waals surface area (Å²) in [5, 5.41) is 34.7. The van der Waals surface area contributed by atoms with Crippen LogP contribution in [0.4, 0.5) is 0 Å². The molecule has 34 heavy (non-hydrogen) atoms. The topological polar surface area (TPSA) is 140 Å². The first kappa shape index (κ1) is 25.3. The fourth-order valence-corrected chi connectivity index (χ4v) is 7.64. The van der Waals surface area contributed by atoms with Crippen molar-refractivity contribution in [3.8, 4) is 0 Å². The summed E-state index contributed by atoms with van der Waals surface area (Å²) in [6.07, 6.45) is -4.32. The van der Waals surface area contributed by atoms with E-state index in [4.69, 9.17) is 14.2 Å². The first-order chi connectivity index (χ1) is 15.6. The third-order valence-electron chi connectivity index (χ3n) is 9.44. The number of aliphatic hydroxyl groups is 3. The molecule has 0 spiro atoms. The number of Topliss-reactive ketones (excluding diaryl/α,β-unsaturated/α-hetero) is 1. The van der Waals surface area contributed by atoms with Gasteiger partial charge in [0.2, 0.25) is 0 Å². The molecule has 4 aliphatic rings. The molecule has 9 nitrogen and oxygen atoms in total. The second kappa shape index (κ2) is 7.59. The number of carbonyl (C=O) groups is 3. The Morgan fingerprint density at radius 2 is 1.74 bits per heavy atom. The van der Waals surface area contributed by atoms with E-state index in [0.717, 1.165) is 0 Å². The molecule has 0 aromatic rings. The Balaban J connectivity index is 2.05. The zero-order valence-electron chi connectivity index (χ0n) is 20.9. The molecule has 190 valence electrons. The van der Waals surface area contributed by atoms with Gasteiger partial charge in [-0.3, -0.25) is 14.4 Å². The van der Waals surface area contributed by atoms with Gasteiger partial charge < -0.3 is 29.5 Å². The molecule has 0 aromatic heterocycles. The molecule has 2 bridgehead atoms. The van der Waals surface area contributed by atoms with E-state index in [2.05, 4.69) is 0 Å². The van der Waals surface area contributed by atoms with E-state index in [1.165, 1.54) is 13.8 Å².